The van der Waals surface area contributed by atoms with Crippen LogP contribution in [0.25, 0.3) is 0 Å². The fraction of sp³-hybridized carbons (Fsp3) is 0.393. The highest BCUT2D eigenvalue weighted by Crippen LogP contribution is 2.40. The average Bonchev–Trinajstić information content (AvgIpc) is 2.82. The van der Waals surface area contributed by atoms with Gasteiger partial charge >= 0.3 is 0 Å². The maximum atomic E-state index is 9.90. The first-order valence-corrected chi connectivity index (χ1v) is 12.4. The van der Waals surface area contributed by atoms with Gasteiger partial charge in [0.1, 0.15) is 30.4 Å². The van der Waals surface area contributed by atoms with E-state index in [4.69, 9.17) is 37.7 Å². The van der Waals surface area contributed by atoms with Crippen LogP contribution < -0.4 is 9.47 Å². The maximum absolute atomic E-state index is 9.90. The lowest BCUT2D eigenvalue weighted by molar-refractivity contribution is 0.220. The van der Waals surface area contributed by atoms with E-state index in [2.05, 4.69) is 45.7 Å². The fourth-order valence-corrected chi connectivity index (χ4v) is 4.09. The number of aromatic nitrogens is 2. The molecule has 5 nitrogen and oxygen atoms in total. The molecule has 1 unspecified atom stereocenters. The third-order valence-electron chi connectivity index (χ3n) is 5.87. The van der Waals surface area contributed by atoms with Crippen LogP contribution in [-0.4, -0.2) is 22.5 Å². The number of rotatable bonds is 8. The van der Waals surface area contributed by atoms with E-state index in [1.807, 2.05) is 43.3 Å². The van der Waals surface area contributed by atoms with Crippen molar-refractivity contribution in [2.45, 2.75) is 58.5 Å². The van der Waals surface area contributed by atoms with Crippen molar-refractivity contribution >= 4 is 23.2 Å². The van der Waals surface area contributed by atoms with Crippen LogP contribution in [0, 0.1) is 11.3 Å². The second kappa shape index (κ2) is 10.8. The SMILES string of the molecule is CC(Oc1ccc(C(C)(C)c2ccc(Cl)c(OCCCl)c2C#N)cc1)c1ccnc(C(C)(C)C)n1. The molecule has 0 aliphatic heterocycles. The smallest absolute Gasteiger partial charge is 0.155 e. The molecular formula is C28H31Cl2N3O2. The molecule has 1 heterocycles. The van der Waals surface area contributed by atoms with Crippen molar-refractivity contribution in [3.05, 3.63) is 81.9 Å². The molecule has 7 heteroatoms. The van der Waals surface area contributed by atoms with Gasteiger partial charge in [-0.25, -0.2) is 9.97 Å². The van der Waals surface area contributed by atoms with Gasteiger partial charge in [-0.1, -0.05) is 64.4 Å². The predicted molar refractivity (Wildman–Crippen MR) is 141 cm³/mol. The Bertz CT molecular complexity index is 1210. The summed E-state index contributed by atoms with van der Waals surface area (Å²) in [7, 11) is 0. The topological polar surface area (TPSA) is 68.0 Å². The van der Waals surface area contributed by atoms with Crippen molar-refractivity contribution in [1.82, 2.24) is 9.97 Å². The number of halogens is 2. The van der Waals surface area contributed by atoms with Gasteiger partial charge in [-0.15, -0.1) is 11.6 Å². The molecule has 0 spiro atoms. The summed E-state index contributed by atoms with van der Waals surface area (Å²) in [4.78, 5) is 9.09. The highest BCUT2D eigenvalue weighted by Gasteiger charge is 2.29. The number of alkyl halides is 1. The molecule has 0 saturated carbocycles. The molecule has 2 aromatic carbocycles. The number of benzene rings is 2. The van der Waals surface area contributed by atoms with Gasteiger partial charge in [0, 0.05) is 17.0 Å². The monoisotopic (exact) mass is 511 g/mol. The lowest BCUT2D eigenvalue weighted by Crippen LogP contribution is -2.21. The summed E-state index contributed by atoms with van der Waals surface area (Å²) < 4.78 is 11.9. The molecule has 0 aliphatic rings. The molecule has 0 radical (unpaired) electrons. The highest BCUT2D eigenvalue weighted by molar-refractivity contribution is 6.32. The number of ether oxygens (including phenoxy) is 2. The number of hydrogen-bond donors (Lipinski definition) is 0. The molecule has 0 aliphatic carbocycles. The quantitative estimate of drug-likeness (QED) is 0.295. The standard InChI is InChI=1S/C28H31Cl2N3O2/c1-18(24-13-15-32-26(33-24)27(2,3)4)35-20-9-7-19(8-10-20)28(5,6)22-11-12-23(30)25(21(22)17-31)34-16-14-29/h7-13,15,18H,14,16H2,1-6H3. The third-order valence-corrected chi connectivity index (χ3v) is 6.32. The maximum Gasteiger partial charge on any atom is 0.155 e. The molecule has 35 heavy (non-hydrogen) atoms. The zero-order chi connectivity index (χ0) is 25.8. The summed E-state index contributed by atoms with van der Waals surface area (Å²) in [5.41, 5.74) is 2.48. The van der Waals surface area contributed by atoms with E-state index < -0.39 is 5.41 Å². The molecule has 0 N–H and O–H groups in total. The normalized spacial score (nSPS) is 12.7. The van der Waals surface area contributed by atoms with Crippen LogP contribution in [0.3, 0.4) is 0 Å². The number of hydrogen-bond acceptors (Lipinski definition) is 5. The Morgan fingerprint density at radius 3 is 2.31 bits per heavy atom. The van der Waals surface area contributed by atoms with Gasteiger partial charge in [-0.05, 0) is 42.3 Å². The van der Waals surface area contributed by atoms with Crippen LogP contribution in [0.15, 0.2) is 48.7 Å². The molecule has 3 rings (SSSR count). The Balaban J connectivity index is 1.85. The minimum absolute atomic E-state index is 0.137. The second-order valence-corrected chi connectivity index (χ2v) is 10.7. The summed E-state index contributed by atoms with van der Waals surface area (Å²) >= 11 is 12.1. The predicted octanol–water partition coefficient (Wildman–Crippen LogP) is 7.38. The summed E-state index contributed by atoms with van der Waals surface area (Å²) in [6, 6.07) is 15.7. The fourth-order valence-electron chi connectivity index (χ4n) is 3.80. The van der Waals surface area contributed by atoms with Crippen LogP contribution in [0.5, 0.6) is 11.5 Å². The first kappa shape index (κ1) is 26.8. The molecular weight excluding hydrogens is 481 g/mol. The van der Waals surface area contributed by atoms with E-state index in [-0.39, 0.29) is 18.1 Å². The lowest BCUT2D eigenvalue weighted by Gasteiger charge is -2.28. The van der Waals surface area contributed by atoms with E-state index in [1.165, 1.54) is 0 Å². The van der Waals surface area contributed by atoms with Crippen molar-refractivity contribution in [3.8, 4) is 17.6 Å². The van der Waals surface area contributed by atoms with Crippen LogP contribution in [0.2, 0.25) is 5.02 Å². The Morgan fingerprint density at radius 2 is 1.71 bits per heavy atom. The Kier molecular flexibility index (Phi) is 8.30. The highest BCUT2D eigenvalue weighted by atomic mass is 35.5. The van der Waals surface area contributed by atoms with E-state index in [0.717, 1.165) is 28.4 Å². The van der Waals surface area contributed by atoms with Gasteiger partial charge in [0.15, 0.2) is 5.75 Å². The van der Waals surface area contributed by atoms with Crippen molar-refractivity contribution in [2.75, 3.05) is 12.5 Å². The van der Waals surface area contributed by atoms with Gasteiger partial charge < -0.3 is 9.47 Å². The Hall–Kier alpha value is -2.81. The molecule has 184 valence electrons. The van der Waals surface area contributed by atoms with Gasteiger partial charge in [0.05, 0.1) is 22.2 Å². The zero-order valence-electron chi connectivity index (χ0n) is 21.0. The van der Waals surface area contributed by atoms with Crippen LogP contribution >= 0.6 is 23.2 Å². The van der Waals surface area contributed by atoms with Crippen LogP contribution in [0.4, 0.5) is 0 Å². The van der Waals surface area contributed by atoms with Gasteiger partial charge in [0.25, 0.3) is 0 Å². The molecule has 0 bridgehead atoms. The van der Waals surface area contributed by atoms with Crippen molar-refractivity contribution < 1.29 is 9.47 Å². The first-order valence-electron chi connectivity index (χ1n) is 11.5. The van der Waals surface area contributed by atoms with Gasteiger partial charge in [0.2, 0.25) is 0 Å². The molecule has 1 atom stereocenters. The largest absolute Gasteiger partial charge is 0.489 e. The van der Waals surface area contributed by atoms with Crippen LogP contribution in [-0.2, 0) is 10.8 Å². The molecule has 0 saturated heterocycles. The van der Waals surface area contributed by atoms with Gasteiger partial charge in [-0.3, -0.25) is 0 Å². The minimum atomic E-state index is -0.479. The van der Waals surface area contributed by atoms with E-state index >= 15 is 0 Å². The zero-order valence-corrected chi connectivity index (χ0v) is 22.5. The number of nitriles is 1. The first-order chi connectivity index (χ1) is 16.5. The molecule has 0 fully saturated rings. The minimum Gasteiger partial charge on any atom is -0.489 e. The second-order valence-electron chi connectivity index (χ2n) is 9.91. The summed E-state index contributed by atoms with van der Waals surface area (Å²) in [6.07, 6.45) is 1.54. The molecule has 3 aromatic rings. The van der Waals surface area contributed by atoms with E-state index in [9.17, 15) is 5.26 Å². The molecule has 1 aromatic heterocycles. The van der Waals surface area contributed by atoms with Crippen molar-refractivity contribution in [2.24, 2.45) is 0 Å². The van der Waals surface area contributed by atoms with E-state index in [1.54, 1.807) is 12.3 Å². The Labute approximate surface area is 218 Å². The van der Waals surface area contributed by atoms with Gasteiger partial charge in [-0.2, -0.15) is 5.26 Å². The van der Waals surface area contributed by atoms with Crippen LogP contribution in [0.1, 0.15) is 75.9 Å². The van der Waals surface area contributed by atoms with Crippen molar-refractivity contribution in [3.63, 3.8) is 0 Å². The summed E-state index contributed by atoms with van der Waals surface area (Å²) in [5, 5.41) is 10.3. The third kappa shape index (κ3) is 6.07. The summed E-state index contributed by atoms with van der Waals surface area (Å²) in [6.45, 7) is 12.6. The lowest BCUT2D eigenvalue weighted by atomic mass is 9.76. The Morgan fingerprint density at radius 1 is 1.03 bits per heavy atom. The average molecular weight is 512 g/mol. The number of nitrogens with zero attached hydrogens (tertiary/aromatic N) is 3. The van der Waals surface area contributed by atoms with E-state index in [0.29, 0.717) is 22.2 Å². The summed E-state index contributed by atoms with van der Waals surface area (Å²) in [5.74, 6) is 2.19. The molecule has 0 amide bonds. The van der Waals surface area contributed by atoms with Crippen molar-refractivity contribution in [1.29, 1.82) is 5.26 Å².